The summed E-state index contributed by atoms with van der Waals surface area (Å²) in [6.45, 7) is 9.36. The molecule has 0 spiro atoms. The van der Waals surface area contributed by atoms with Crippen LogP contribution in [-0.2, 0) is 11.3 Å². The molecule has 0 radical (unpaired) electrons. The molecule has 0 aromatic heterocycles. The van der Waals surface area contributed by atoms with Crippen LogP contribution in [0.25, 0.3) is 0 Å². The predicted molar refractivity (Wildman–Crippen MR) is 75.4 cm³/mol. The van der Waals surface area contributed by atoms with E-state index in [1.807, 2.05) is 19.1 Å². The van der Waals surface area contributed by atoms with Gasteiger partial charge in [-0.25, -0.2) is 4.79 Å². The van der Waals surface area contributed by atoms with Crippen LogP contribution in [0.1, 0.15) is 36.7 Å². The maximum atomic E-state index is 10.7. The van der Waals surface area contributed by atoms with Crippen molar-refractivity contribution in [2.45, 2.75) is 27.3 Å². The Morgan fingerprint density at radius 1 is 1.32 bits per heavy atom. The molecule has 4 nitrogen and oxygen atoms in total. The minimum atomic E-state index is -0.891. The average Bonchev–Trinajstić information content (AvgIpc) is 2.37. The molecule has 0 aliphatic heterocycles. The van der Waals surface area contributed by atoms with Gasteiger partial charge in [0.15, 0.2) is 0 Å². The molecule has 19 heavy (non-hydrogen) atoms. The summed E-state index contributed by atoms with van der Waals surface area (Å²) in [6.07, 6.45) is 0. The Kier molecular flexibility index (Phi) is 5.99. The fourth-order valence-corrected chi connectivity index (χ4v) is 1.74. The Morgan fingerprint density at radius 2 is 1.95 bits per heavy atom. The lowest BCUT2D eigenvalue weighted by Crippen LogP contribution is -2.33. The molecular formula is C15H23NO3. The van der Waals surface area contributed by atoms with Crippen LogP contribution in [-0.4, -0.2) is 30.8 Å². The molecule has 0 amide bonds. The number of aromatic carboxylic acids is 1. The van der Waals surface area contributed by atoms with Gasteiger partial charge >= 0.3 is 5.97 Å². The van der Waals surface area contributed by atoms with Crippen LogP contribution in [0.15, 0.2) is 24.3 Å². The Bertz CT molecular complexity index is 398. The first-order chi connectivity index (χ1) is 8.94. The summed E-state index contributed by atoms with van der Waals surface area (Å²) in [4.78, 5) is 10.7. The molecule has 2 N–H and O–H groups in total. The summed E-state index contributed by atoms with van der Waals surface area (Å²) in [5.41, 5.74) is 1.49. The van der Waals surface area contributed by atoms with Crippen molar-refractivity contribution in [3.8, 4) is 0 Å². The number of ether oxygens (including phenoxy) is 1. The van der Waals surface area contributed by atoms with Gasteiger partial charge in [0.2, 0.25) is 0 Å². The minimum Gasteiger partial charge on any atom is -0.478 e. The van der Waals surface area contributed by atoms with E-state index in [9.17, 15) is 4.79 Å². The summed E-state index contributed by atoms with van der Waals surface area (Å²) in [6, 6.07) is 6.94. The van der Waals surface area contributed by atoms with Gasteiger partial charge in [0.05, 0.1) is 12.2 Å². The van der Waals surface area contributed by atoms with Gasteiger partial charge in [-0.2, -0.15) is 0 Å². The number of benzene rings is 1. The lowest BCUT2D eigenvalue weighted by atomic mass is 9.95. The van der Waals surface area contributed by atoms with Crippen molar-refractivity contribution >= 4 is 5.97 Å². The van der Waals surface area contributed by atoms with Crippen LogP contribution in [0.3, 0.4) is 0 Å². The van der Waals surface area contributed by atoms with Crippen molar-refractivity contribution < 1.29 is 14.6 Å². The van der Waals surface area contributed by atoms with Crippen molar-refractivity contribution in [2.75, 3.05) is 19.8 Å². The summed E-state index contributed by atoms with van der Waals surface area (Å²) in [5.74, 6) is -0.891. The van der Waals surface area contributed by atoms with Crippen LogP contribution >= 0.6 is 0 Å². The Hall–Kier alpha value is -1.39. The van der Waals surface area contributed by atoms with Gasteiger partial charge in [-0.15, -0.1) is 0 Å². The number of carboxylic acid groups (broad SMARTS) is 1. The van der Waals surface area contributed by atoms with E-state index in [-0.39, 0.29) is 5.41 Å². The number of hydrogen-bond donors (Lipinski definition) is 2. The third kappa shape index (κ3) is 5.85. The van der Waals surface area contributed by atoms with Crippen molar-refractivity contribution in [1.82, 2.24) is 5.32 Å². The van der Waals surface area contributed by atoms with Crippen molar-refractivity contribution in [2.24, 2.45) is 5.41 Å². The highest BCUT2D eigenvalue weighted by molar-refractivity contribution is 5.87. The van der Waals surface area contributed by atoms with Gasteiger partial charge in [0.1, 0.15) is 0 Å². The number of rotatable bonds is 8. The third-order valence-electron chi connectivity index (χ3n) is 2.83. The summed E-state index contributed by atoms with van der Waals surface area (Å²) in [7, 11) is 0. The van der Waals surface area contributed by atoms with Crippen LogP contribution < -0.4 is 5.32 Å². The Morgan fingerprint density at radius 3 is 2.47 bits per heavy atom. The highest BCUT2D eigenvalue weighted by atomic mass is 16.5. The normalized spacial score (nSPS) is 11.5. The molecule has 1 aromatic rings. The third-order valence-corrected chi connectivity index (χ3v) is 2.83. The van der Waals surface area contributed by atoms with E-state index < -0.39 is 5.97 Å². The van der Waals surface area contributed by atoms with E-state index in [1.165, 1.54) is 0 Å². The first-order valence-electron chi connectivity index (χ1n) is 6.55. The molecule has 0 saturated heterocycles. The lowest BCUT2D eigenvalue weighted by molar-refractivity contribution is 0.0696. The molecule has 0 aliphatic rings. The first kappa shape index (κ1) is 15.7. The second-order valence-corrected chi connectivity index (χ2v) is 5.41. The molecular weight excluding hydrogens is 242 g/mol. The van der Waals surface area contributed by atoms with E-state index >= 15 is 0 Å². The van der Waals surface area contributed by atoms with Gasteiger partial charge in [0.25, 0.3) is 0 Å². The molecule has 1 aromatic carbocycles. The quantitative estimate of drug-likeness (QED) is 0.758. The summed E-state index contributed by atoms with van der Waals surface area (Å²) < 4.78 is 5.44. The monoisotopic (exact) mass is 265 g/mol. The SMILES string of the molecule is CCOCC(C)(C)CNCc1ccc(C(=O)O)cc1. The number of nitrogens with one attached hydrogen (secondary N) is 1. The predicted octanol–water partition coefficient (Wildman–Crippen LogP) is 2.54. The summed E-state index contributed by atoms with van der Waals surface area (Å²) in [5, 5.41) is 12.2. The Balaban J connectivity index is 2.38. The standard InChI is InChI=1S/C15H23NO3/c1-4-19-11-15(2,3)10-16-9-12-5-7-13(8-6-12)14(17)18/h5-8,16H,4,9-11H2,1-3H3,(H,17,18). The molecule has 0 aliphatic carbocycles. The van der Waals surface area contributed by atoms with Crippen LogP contribution in [0.4, 0.5) is 0 Å². The molecule has 0 bridgehead atoms. The van der Waals surface area contributed by atoms with Crippen molar-refractivity contribution in [1.29, 1.82) is 0 Å². The molecule has 0 heterocycles. The van der Waals surface area contributed by atoms with Crippen molar-refractivity contribution in [3.63, 3.8) is 0 Å². The largest absolute Gasteiger partial charge is 0.478 e. The van der Waals surface area contributed by atoms with E-state index in [1.54, 1.807) is 12.1 Å². The zero-order valence-corrected chi connectivity index (χ0v) is 11.9. The number of carboxylic acids is 1. The maximum absolute atomic E-state index is 10.7. The second kappa shape index (κ2) is 7.26. The highest BCUT2D eigenvalue weighted by Gasteiger charge is 2.17. The van der Waals surface area contributed by atoms with Crippen LogP contribution in [0.5, 0.6) is 0 Å². The van der Waals surface area contributed by atoms with E-state index in [0.717, 1.165) is 31.9 Å². The first-order valence-corrected chi connectivity index (χ1v) is 6.55. The minimum absolute atomic E-state index is 0.0943. The molecule has 0 atom stereocenters. The number of hydrogen-bond acceptors (Lipinski definition) is 3. The molecule has 0 unspecified atom stereocenters. The fraction of sp³-hybridized carbons (Fsp3) is 0.533. The molecule has 1 rings (SSSR count). The van der Waals surface area contributed by atoms with Gasteiger partial charge in [-0.3, -0.25) is 0 Å². The second-order valence-electron chi connectivity index (χ2n) is 5.41. The molecule has 0 saturated carbocycles. The molecule has 106 valence electrons. The lowest BCUT2D eigenvalue weighted by Gasteiger charge is -2.24. The maximum Gasteiger partial charge on any atom is 0.335 e. The Labute approximate surface area is 114 Å². The smallest absolute Gasteiger partial charge is 0.335 e. The fourth-order valence-electron chi connectivity index (χ4n) is 1.74. The van der Waals surface area contributed by atoms with Gasteiger partial charge in [-0.1, -0.05) is 26.0 Å². The van der Waals surface area contributed by atoms with E-state index in [2.05, 4.69) is 19.2 Å². The number of carbonyl (C=O) groups is 1. The van der Waals surface area contributed by atoms with Crippen molar-refractivity contribution in [3.05, 3.63) is 35.4 Å². The molecule has 4 heteroatoms. The summed E-state index contributed by atoms with van der Waals surface area (Å²) >= 11 is 0. The van der Waals surface area contributed by atoms with E-state index in [4.69, 9.17) is 9.84 Å². The van der Waals surface area contributed by atoms with E-state index in [0.29, 0.717) is 5.56 Å². The van der Waals surface area contributed by atoms with Gasteiger partial charge < -0.3 is 15.2 Å². The molecule has 0 fully saturated rings. The highest BCUT2D eigenvalue weighted by Crippen LogP contribution is 2.14. The topological polar surface area (TPSA) is 58.6 Å². The zero-order chi connectivity index (χ0) is 14.3. The zero-order valence-electron chi connectivity index (χ0n) is 11.9. The van der Waals surface area contributed by atoms with Gasteiger partial charge in [0, 0.05) is 25.1 Å². The van der Waals surface area contributed by atoms with Gasteiger partial charge in [-0.05, 0) is 24.6 Å². The average molecular weight is 265 g/mol. The van der Waals surface area contributed by atoms with Crippen LogP contribution in [0.2, 0.25) is 0 Å². The van der Waals surface area contributed by atoms with Crippen LogP contribution in [0, 0.1) is 5.41 Å².